The maximum Gasteiger partial charge on any atom is 0.270 e. The molecule has 0 atom stereocenters. The third-order valence-corrected chi connectivity index (χ3v) is 9.86. The van der Waals surface area contributed by atoms with Gasteiger partial charge in [0.2, 0.25) is 0 Å². The lowest BCUT2D eigenvalue weighted by Crippen LogP contribution is -2.11. The number of ether oxygens (including phenoxy) is 4. The minimum atomic E-state index is -0.400. The average molecular weight is 935 g/mol. The molecule has 0 unspecified atom stereocenters. The van der Waals surface area contributed by atoms with Gasteiger partial charge in [0.05, 0.1) is 36.3 Å². The molecule has 1 aliphatic rings. The second-order valence-corrected chi connectivity index (χ2v) is 15.4. The highest BCUT2D eigenvalue weighted by Gasteiger charge is 2.27. The number of fused-ring (bicyclic) bond motifs is 8. The van der Waals surface area contributed by atoms with Gasteiger partial charge in [0.1, 0.15) is 23.0 Å². The van der Waals surface area contributed by atoms with Crippen molar-refractivity contribution in [3.8, 4) is 23.0 Å². The molecule has 10 nitrogen and oxygen atoms in total. The molecule has 1 aliphatic carbocycles. The highest BCUT2D eigenvalue weighted by Crippen LogP contribution is 2.42. The average Bonchev–Trinajstić information content (AvgIpc) is 3.09. The van der Waals surface area contributed by atoms with Gasteiger partial charge >= 0.3 is 0 Å². The lowest BCUT2D eigenvalue weighted by molar-refractivity contribution is -0.385. The topological polar surface area (TPSA) is 123 Å². The Kier molecular flexibility index (Phi) is 14.0. The SMILES string of the molecule is CCCOc1c2cc(I)cc1Cc1cc([N+](=O)[O-])cc(c1OCCC)Cc1cc([N+](=O)[O-])cc(c1OCCC)Cc1cc(I)cc(c1OCCC)C2. The molecule has 0 spiro atoms. The third kappa shape index (κ3) is 9.46. The van der Waals surface area contributed by atoms with Crippen molar-refractivity contribution in [1.29, 1.82) is 0 Å². The lowest BCUT2D eigenvalue weighted by Gasteiger charge is -2.23. The van der Waals surface area contributed by atoms with Crippen molar-refractivity contribution in [2.45, 2.75) is 79.1 Å². The summed E-state index contributed by atoms with van der Waals surface area (Å²) >= 11 is 4.64. The quantitative estimate of drug-likeness (QED) is 0.0613. The van der Waals surface area contributed by atoms with E-state index in [4.69, 9.17) is 18.9 Å². The van der Waals surface area contributed by atoms with Crippen LogP contribution in [-0.4, -0.2) is 36.3 Å². The van der Waals surface area contributed by atoms with E-state index in [0.717, 1.165) is 66.6 Å². The highest BCUT2D eigenvalue weighted by atomic mass is 127. The Labute approximate surface area is 332 Å². The predicted octanol–water partition coefficient (Wildman–Crippen LogP) is 10.5. The maximum atomic E-state index is 12.4. The van der Waals surface area contributed by atoms with Gasteiger partial charge in [-0.15, -0.1) is 0 Å². The van der Waals surface area contributed by atoms with E-state index < -0.39 is 9.85 Å². The summed E-state index contributed by atoms with van der Waals surface area (Å²) < 4.78 is 28.0. The molecular weight excluding hydrogens is 890 g/mol. The zero-order valence-electron chi connectivity index (χ0n) is 30.0. The van der Waals surface area contributed by atoms with Crippen LogP contribution in [0, 0.1) is 27.4 Å². The summed E-state index contributed by atoms with van der Waals surface area (Å²) in [5.74, 6) is 2.57. The fraction of sp³-hybridized carbons (Fsp3) is 0.400. The number of nitrogens with zero attached hydrogens (tertiary/aromatic N) is 2. The van der Waals surface area contributed by atoms with Gasteiger partial charge in [0.15, 0.2) is 0 Å². The van der Waals surface area contributed by atoms with E-state index in [0.29, 0.717) is 79.4 Å². The highest BCUT2D eigenvalue weighted by molar-refractivity contribution is 14.1. The van der Waals surface area contributed by atoms with E-state index in [-0.39, 0.29) is 17.8 Å². The summed E-state index contributed by atoms with van der Waals surface area (Å²) in [4.78, 5) is 24.1. The molecular formula is C40H44I2N2O8. The minimum Gasteiger partial charge on any atom is -0.493 e. The van der Waals surface area contributed by atoms with Crippen LogP contribution in [0.25, 0.3) is 0 Å². The van der Waals surface area contributed by atoms with E-state index in [9.17, 15) is 20.2 Å². The predicted molar refractivity (Wildman–Crippen MR) is 219 cm³/mol. The molecule has 0 saturated carbocycles. The molecule has 4 aromatic rings. The van der Waals surface area contributed by atoms with E-state index in [1.54, 1.807) is 12.1 Å². The monoisotopic (exact) mass is 934 g/mol. The van der Waals surface area contributed by atoms with Crippen LogP contribution in [0.3, 0.4) is 0 Å². The van der Waals surface area contributed by atoms with E-state index in [1.807, 2.05) is 13.8 Å². The first-order chi connectivity index (χ1) is 25.1. The molecule has 0 saturated heterocycles. The van der Waals surface area contributed by atoms with Gasteiger partial charge in [-0.25, -0.2) is 0 Å². The summed E-state index contributed by atoms with van der Waals surface area (Å²) in [6.45, 7) is 9.92. The van der Waals surface area contributed by atoms with Crippen LogP contribution in [0.2, 0.25) is 0 Å². The Balaban J connectivity index is 1.90. The fourth-order valence-corrected chi connectivity index (χ4v) is 8.04. The molecule has 8 bridgehead atoms. The van der Waals surface area contributed by atoms with Crippen molar-refractivity contribution in [2.75, 3.05) is 26.4 Å². The van der Waals surface area contributed by atoms with Crippen LogP contribution in [0.5, 0.6) is 23.0 Å². The number of non-ortho nitro benzene ring substituents is 2. The zero-order chi connectivity index (χ0) is 37.4. The fourth-order valence-electron chi connectivity index (χ4n) is 6.54. The normalized spacial score (nSPS) is 12.3. The molecule has 0 aromatic heterocycles. The van der Waals surface area contributed by atoms with Gasteiger partial charge < -0.3 is 18.9 Å². The van der Waals surface area contributed by atoms with Gasteiger partial charge in [-0.2, -0.15) is 0 Å². The number of hydrogen-bond acceptors (Lipinski definition) is 8. The Bertz CT molecular complexity index is 1810. The summed E-state index contributed by atoms with van der Waals surface area (Å²) in [5, 5.41) is 24.9. The van der Waals surface area contributed by atoms with Gasteiger partial charge in [-0.1, -0.05) is 27.7 Å². The number of rotatable bonds is 14. The summed E-state index contributed by atoms with van der Waals surface area (Å²) in [7, 11) is 0. The van der Waals surface area contributed by atoms with Crippen LogP contribution in [0.15, 0.2) is 48.5 Å². The molecule has 12 heteroatoms. The Hall–Kier alpha value is -3.66. The molecule has 0 aliphatic heterocycles. The van der Waals surface area contributed by atoms with Crippen LogP contribution in [-0.2, 0) is 25.7 Å². The summed E-state index contributed by atoms with van der Waals surface area (Å²) in [6, 6.07) is 14.6. The van der Waals surface area contributed by atoms with Crippen LogP contribution in [0.4, 0.5) is 11.4 Å². The molecule has 5 rings (SSSR count). The molecule has 0 fully saturated rings. The van der Waals surface area contributed by atoms with Crippen molar-refractivity contribution >= 4 is 56.6 Å². The van der Waals surface area contributed by atoms with Gasteiger partial charge in [0, 0.05) is 79.3 Å². The lowest BCUT2D eigenvalue weighted by atomic mass is 9.90. The first-order valence-corrected chi connectivity index (χ1v) is 20.0. The minimum absolute atomic E-state index is 0.0826. The van der Waals surface area contributed by atoms with Crippen molar-refractivity contribution < 1.29 is 28.8 Å². The third-order valence-electron chi connectivity index (χ3n) is 8.62. The first kappa shape index (κ1) is 39.5. The molecule has 0 N–H and O–H groups in total. The van der Waals surface area contributed by atoms with Crippen LogP contribution < -0.4 is 18.9 Å². The number of benzene rings is 4. The van der Waals surface area contributed by atoms with E-state index in [2.05, 4.69) is 83.3 Å². The summed E-state index contributed by atoms with van der Waals surface area (Å²) in [6.07, 6.45) is 4.30. The maximum absolute atomic E-state index is 12.4. The Morgan fingerprint density at radius 1 is 0.462 bits per heavy atom. The molecule has 52 heavy (non-hydrogen) atoms. The standard InChI is InChI=1S/C40H44I2N2O8/c1-5-9-49-37-25-13-26-18-34(42)20-28(38(26)50-10-6-2)15-30-22-36(44(47)48)24-32(40(30)52-12-8-4)16-31-23-35(43(45)46)21-29(39(31)51-11-7-3)14-27(37)19-33(41)17-25/h17-24H,5-16H2,1-4H3. The Morgan fingerprint density at radius 2 is 0.673 bits per heavy atom. The van der Waals surface area contributed by atoms with Crippen molar-refractivity contribution in [1.82, 2.24) is 0 Å². The first-order valence-electron chi connectivity index (χ1n) is 17.8. The second-order valence-electron chi connectivity index (χ2n) is 12.9. The second kappa shape index (κ2) is 18.4. The van der Waals surface area contributed by atoms with Crippen LogP contribution >= 0.6 is 45.2 Å². The number of nitro benzene ring substituents is 2. The van der Waals surface area contributed by atoms with Crippen LogP contribution in [0.1, 0.15) is 97.9 Å². The van der Waals surface area contributed by atoms with E-state index in [1.165, 1.54) is 12.1 Å². The van der Waals surface area contributed by atoms with Crippen molar-refractivity contribution in [2.24, 2.45) is 0 Å². The molecule has 276 valence electrons. The van der Waals surface area contributed by atoms with Gasteiger partial charge in [-0.3, -0.25) is 20.2 Å². The Morgan fingerprint density at radius 3 is 0.865 bits per heavy atom. The largest absolute Gasteiger partial charge is 0.493 e. The zero-order valence-corrected chi connectivity index (χ0v) is 34.3. The molecule has 0 heterocycles. The summed E-state index contributed by atoms with van der Waals surface area (Å²) in [5.41, 5.74) is 5.97. The molecule has 0 amide bonds. The number of halogens is 2. The van der Waals surface area contributed by atoms with E-state index >= 15 is 0 Å². The smallest absolute Gasteiger partial charge is 0.270 e. The number of nitro groups is 2. The molecule has 4 aromatic carbocycles. The van der Waals surface area contributed by atoms with Crippen molar-refractivity contribution in [3.63, 3.8) is 0 Å². The van der Waals surface area contributed by atoms with Crippen molar-refractivity contribution in [3.05, 3.63) is 120 Å². The van der Waals surface area contributed by atoms with Gasteiger partial charge in [0.25, 0.3) is 11.4 Å². The number of hydrogen-bond donors (Lipinski definition) is 0. The molecule has 0 radical (unpaired) electrons. The van der Waals surface area contributed by atoms with Gasteiger partial charge in [-0.05, 0) is 117 Å².